The molecule has 4 N–H and O–H groups in total. The number of nitrogen functional groups attached to an aromatic ring is 2. The summed E-state index contributed by atoms with van der Waals surface area (Å²) in [6.07, 6.45) is 22.2. The van der Waals surface area contributed by atoms with Crippen LogP contribution in [0.1, 0.15) is 105 Å². The van der Waals surface area contributed by atoms with Crippen molar-refractivity contribution >= 4 is 11.4 Å². The van der Waals surface area contributed by atoms with Crippen LogP contribution in [0, 0.1) is 64.6 Å². The molecule has 0 aromatic heterocycles. The molecule has 3 nitrogen and oxygen atoms in total. The van der Waals surface area contributed by atoms with E-state index < -0.39 is 0 Å². The van der Waals surface area contributed by atoms with Crippen LogP contribution in [0.3, 0.4) is 0 Å². The SMILES string of the molecule is C#CC(CCCC(C)C)C1CCC2C3CCC4CC(Oc5ccc(N)cc5N)CCC4(C)C3CCC12C. The van der Waals surface area contributed by atoms with Crippen LogP contribution in [0.4, 0.5) is 11.4 Å². The molecule has 0 spiro atoms. The fourth-order valence-corrected chi connectivity index (χ4v) is 10.0. The van der Waals surface area contributed by atoms with Gasteiger partial charge in [0.25, 0.3) is 0 Å². The Kier molecular flexibility index (Phi) is 7.52. The van der Waals surface area contributed by atoms with Crippen molar-refractivity contribution in [1.29, 1.82) is 0 Å². The van der Waals surface area contributed by atoms with Gasteiger partial charge in [0.15, 0.2) is 0 Å². The van der Waals surface area contributed by atoms with E-state index in [4.69, 9.17) is 22.6 Å². The highest BCUT2D eigenvalue weighted by Crippen LogP contribution is 2.68. The van der Waals surface area contributed by atoms with Crippen molar-refractivity contribution in [3.63, 3.8) is 0 Å². The molecule has 9 unspecified atom stereocenters. The number of nitrogens with two attached hydrogens (primary N) is 2. The summed E-state index contributed by atoms with van der Waals surface area (Å²) in [7, 11) is 0. The number of hydrogen-bond acceptors (Lipinski definition) is 3. The molecule has 0 bridgehead atoms. The maximum Gasteiger partial charge on any atom is 0.142 e. The molecule has 3 heteroatoms. The minimum atomic E-state index is 0.271. The van der Waals surface area contributed by atoms with Gasteiger partial charge in [0, 0.05) is 11.6 Å². The zero-order valence-corrected chi connectivity index (χ0v) is 24.0. The molecule has 4 aliphatic carbocycles. The molecule has 5 rings (SSSR count). The van der Waals surface area contributed by atoms with E-state index in [1.807, 2.05) is 18.2 Å². The molecule has 0 aliphatic heterocycles. The van der Waals surface area contributed by atoms with Crippen molar-refractivity contribution in [3.8, 4) is 18.1 Å². The third kappa shape index (κ3) is 4.88. The van der Waals surface area contributed by atoms with E-state index in [0.29, 0.717) is 28.1 Å². The summed E-state index contributed by atoms with van der Waals surface area (Å²) in [5.74, 6) is 9.50. The molecule has 1 aromatic rings. The van der Waals surface area contributed by atoms with Crippen LogP contribution in [0.15, 0.2) is 18.2 Å². The molecule has 0 saturated heterocycles. The van der Waals surface area contributed by atoms with Gasteiger partial charge in [-0.1, -0.05) is 40.5 Å². The number of benzene rings is 1. The molecular weight excluding hydrogens is 452 g/mol. The van der Waals surface area contributed by atoms with Crippen LogP contribution in [0.5, 0.6) is 5.75 Å². The number of rotatable bonds is 7. The fraction of sp³-hybridized carbons (Fsp3) is 0.765. The van der Waals surface area contributed by atoms with Crippen molar-refractivity contribution in [1.82, 2.24) is 0 Å². The maximum atomic E-state index is 6.46. The monoisotopic (exact) mass is 504 g/mol. The molecule has 4 saturated carbocycles. The summed E-state index contributed by atoms with van der Waals surface area (Å²) >= 11 is 0. The topological polar surface area (TPSA) is 61.3 Å². The summed E-state index contributed by atoms with van der Waals surface area (Å²) in [5, 5.41) is 0. The predicted molar refractivity (Wildman–Crippen MR) is 156 cm³/mol. The van der Waals surface area contributed by atoms with E-state index in [-0.39, 0.29) is 6.10 Å². The molecule has 204 valence electrons. The van der Waals surface area contributed by atoms with Crippen molar-refractivity contribution < 1.29 is 4.74 Å². The standard InChI is InChI=1S/C34H52N2O/c1-6-23(9-7-8-22(2)3)28-13-14-29-27-12-10-24-20-26(37-32-15-11-25(35)21-31(32)36)16-18-33(24,4)30(27)17-19-34(28,29)5/h1,11,15,21-24,26-30H,7-10,12-14,16-20,35-36H2,2-5H3. The van der Waals surface area contributed by atoms with Crippen LogP contribution in [0.25, 0.3) is 0 Å². The van der Waals surface area contributed by atoms with Crippen LogP contribution in [-0.2, 0) is 0 Å². The number of terminal acetylenes is 1. The zero-order valence-electron chi connectivity index (χ0n) is 24.0. The van der Waals surface area contributed by atoms with Gasteiger partial charge < -0.3 is 16.2 Å². The number of ether oxygens (including phenoxy) is 1. The first-order valence-electron chi connectivity index (χ1n) is 15.4. The Morgan fingerprint density at radius 1 is 0.973 bits per heavy atom. The lowest BCUT2D eigenvalue weighted by molar-refractivity contribution is -0.126. The first-order chi connectivity index (χ1) is 17.7. The van der Waals surface area contributed by atoms with Gasteiger partial charge in [0.1, 0.15) is 5.75 Å². The second-order valence-electron chi connectivity index (χ2n) is 14.3. The Morgan fingerprint density at radius 2 is 1.73 bits per heavy atom. The van der Waals surface area contributed by atoms with Crippen molar-refractivity contribution in [3.05, 3.63) is 18.2 Å². The van der Waals surface area contributed by atoms with E-state index in [1.165, 1.54) is 70.6 Å². The summed E-state index contributed by atoms with van der Waals surface area (Å²) in [4.78, 5) is 0. The smallest absolute Gasteiger partial charge is 0.142 e. The summed E-state index contributed by atoms with van der Waals surface area (Å²) < 4.78 is 6.46. The molecule has 0 amide bonds. The highest BCUT2D eigenvalue weighted by molar-refractivity contribution is 5.60. The minimum Gasteiger partial charge on any atom is -0.488 e. The van der Waals surface area contributed by atoms with Crippen LogP contribution >= 0.6 is 0 Å². The van der Waals surface area contributed by atoms with Crippen LogP contribution < -0.4 is 16.2 Å². The van der Waals surface area contributed by atoms with Crippen molar-refractivity contribution in [2.75, 3.05) is 11.5 Å². The van der Waals surface area contributed by atoms with Gasteiger partial charge in [-0.3, -0.25) is 0 Å². The third-order valence-electron chi connectivity index (χ3n) is 12.0. The highest BCUT2D eigenvalue weighted by Gasteiger charge is 2.61. The molecule has 0 radical (unpaired) electrons. The van der Waals surface area contributed by atoms with E-state index >= 15 is 0 Å². The number of hydrogen-bond donors (Lipinski definition) is 2. The largest absolute Gasteiger partial charge is 0.488 e. The Morgan fingerprint density at radius 3 is 2.46 bits per heavy atom. The van der Waals surface area contributed by atoms with Gasteiger partial charge in [-0.25, -0.2) is 0 Å². The first-order valence-corrected chi connectivity index (χ1v) is 15.4. The second kappa shape index (κ2) is 10.4. The zero-order chi connectivity index (χ0) is 26.4. The Labute approximate surface area is 226 Å². The fourth-order valence-electron chi connectivity index (χ4n) is 10.0. The lowest BCUT2D eigenvalue weighted by atomic mass is 9.44. The normalized spacial score (nSPS) is 39.8. The molecule has 4 fully saturated rings. The molecule has 37 heavy (non-hydrogen) atoms. The molecule has 1 aromatic carbocycles. The summed E-state index contributed by atoms with van der Waals surface area (Å²) in [5.41, 5.74) is 14.4. The lowest BCUT2D eigenvalue weighted by Gasteiger charge is -2.61. The van der Waals surface area contributed by atoms with E-state index in [9.17, 15) is 0 Å². The molecule has 0 heterocycles. The summed E-state index contributed by atoms with van der Waals surface area (Å²) in [6, 6.07) is 5.66. The molecule has 9 atom stereocenters. The maximum absolute atomic E-state index is 6.46. The summed E-state index contributed by atoms with van der Waals surface area (Å²) in [6.45, 7) is 9.97. The predicted octanol–water partition coefficient (Wildman–Crippen LogP) is 8.33. The average molecular weight is 505 g/mol. The van der Waals surface area contributed by atoms with Gasteiger partial charge in [-0.05, 0) is 129 Å². The number of fused-ring (bicyclic) bond motifs is 5. The molecular formula is C34H52N2O. The Bertz CT molecular complexity index is 996. The van der Waals surface area contributed by atoms with Crippen molar-refractivity contribution in [2.24, 2.45) is 52.3 Å². The van der Waals surface area contributed by atoms with Gasteiger partial charge in [-0.2, -0.15) is 0 Å². The van der Waals surface area contributed by atoms with Gasteiger partial charge in [0.2, 0.25) is 0 Å². The first kappa shape index (κ1) is 26.8. The highest BCUT2D eigenvalue weighted by atomic mass is 16.5. The van der Waals surface area contributed by atoms with Crippen LogP contribution in [0.2, 0.25) is 0 Å². The van der Waals surface area contributed by atoms with Crippen LogP contribution in [-0.4, -0.2) is 6.10 Å². The van der Waals surface area contributed by atoms with E-state index in [2.05, 4.69) is 33.6 Å². The second-order valence-corrected chi connectivity index (χ2v) is 14.3. The minimum absolute atomic E-state index is 0.271. The van der Waals surface area contributed by atoms with E-state index in [0.717, 1.165) is 47.7 Å². The van der Waals surface area contributed by atoms with E-state index in [1.54, 1.807) is 0 Å². The quantitative estimate of drug-likeness (QED) is 0.290. The van der Waals surface area contributed by atoms with Gasteiger partial charge >= 0.3 is 0 Å². The Balaban J connectivity index is 1.25. The molecule has 4 aliphatic rings. The average Bonchev–Trinajstić information content (AvgIpc) is 3.20. The Hall–Kier alpha value is -1.82. The van der Waals surface area contributed by atoms with Gasteiger partial charge in [-0.15, -0.1) is 12.3 Å². The third-order valence-corrected chi connectivity index (χ3v) is 12.0. The number of anilines is 2. The van der Waals surface area contributed by atoms with Gasteiger partial charge in [0.05, 0.1) is 11.8 Å². The lowest BCUT2D eigenvalue weighted by Crippen LogP contribution is -2.54. The van der Waals surface area contributed by atoms with Crippen molar-refractivity contribution in [2.45, 2.75) is 111 Å².